The van der Waals surface area contributed by atoms with Crippen molar-refractivity contribution >= 4 is 38.9 Å². The fourth-order valence-corrected chi connectivity index (χ4v) is 10.9. The van der Waals surface area contributed by atoms with Gasteiger partial charge in [-0.15, -0.1) is 0 Å². The van der Waals surface area contributed by atoms with Crippen molar-refractivity contribution < 1.29 is 0 Å². The lowest BCUT2D eigenvalue weighted by atomic mass is 9.81. The van der Waals surface area contributed by atoms with Gasteiger partial charge in [-0.1, -0.05) is 179 Å². The van der Waals surface area contributed by atoms with E-state index in [0.717, 1.165) is 17.1 Å². The van der Waals surface area contributed by atoms with Crippen LogP contribution in [0.4, 0.5) is 17.1 Å². The van der Waals surface area contributed by atoms with Crippen molar-refractivity contribution in [3.63, 3.8) is 0 Å². The smallest absolute Gasteiger partial charge is 0.0547 e. The van der Waals surface area contributed by atoms with Crippen molar-refractivity contribution in [2.75, 3.05) is 4.90 Å². The largest absolute Gasteiger partial charge is 0.309 e. The van der Waals surface area contributed by atoms with E-state index in [9.17, 15) is 0 Å². The fourth-order valence-electron chi connectivity index (χ4n) is 10.9. The lowest BCUT2D eigenvalue weighted by Crippen LogP contribution is -2.16. The highest BCUT2D eigenvalue weighted by Gasteiger charge is 2.38. The fraction of sp³-hybridized carbons (Fsp3) is 0.100. The first kappa shape index (κ1) is 36.4. The summed E-state index contributed by atoms with van der Waals surface area (Å²) in [6.45, 7) is 9.47. The third-order valence-electron chi connectivity index (χ3n) is 14.0. The Morgan fingerprint density at radius 1 is 0.355 bits per heavy atom. The molecule has 9 aromatic carbocycles. The number of fused-ring (bicyclic) bond motifs is 9. The summed E-state index contributed by atoms with van der Waals surface area (Å²) in [6.07, 6.45) is 0. The molecule has 0 saturated carbocycles. The van der Waals surface area contributed by atoms with Crippen LogP contribution in [0.25, 0.3) is 72.0 Å². The highest BCUT2D eigenvalue weighted by Crippen LogP contribution is 2.55. The van der Waals surface area contributed by atoms with Gasteiger partial charge in [-0.05, 0) is 110 Å². The van der Waals surface area contributed by atoms with E-state index in [1.54, 1.807) is 0 Å². The second kappa shape index (κ2) is 13.5. The van der Waals surface area contributed by atoms with E-state index in [4.69, 9.17) is 0 Å². The molecule has 1 heterocycles. The molecule has 0 fully saturated rings. The van der Waals surface area contributed by atoms with Gasteiger partial charge in [0.15, 0.2) is 0 Å². The first-order chi connectivity index (χ1) is 30.3. The first-order valence-electron chi connectivity index (χ1n) is 21.9. The van der Waals surface area contributed by atoms with E-state index in [2.05, 4.69) is 243 Å². The molecule has 0 spiro atoms. The van der Waals surface area contributed by atoms with Crippen molar-refractivity contribution in [1.82, 2.24) is 4.57 Å². The average Bonchev–Trinajstić information content (AvgIpc) is 3.86. The number of benzene rings is 9. The second-order valence-corrected chi connectivity index (χ2v) is 18.1. The third-order valence-corrected chi connectivity index (χ3v) is 14.0. The van der Waals surface area contributed by atoms with Gasteiger partial charge >= 0.3 is 0 Å². The van der Waals surface area contributed by atoms with E-state index in [0.29, 0.717) is 0 Å². The van der Waals surface area contributed by atoms with Crippen LogP contribution in [-0.2, 0) is 10.8 Å². The van der Waals surface area contributed by atoms with Gasteiger partial charge in [-0.25, -0.2) is 0 Å². The first-order valence-corrected chi connectivity index (χ1v) is 21.9. The van der Waals surface area contributed by atoms with Crippen LogP contribution in [0.2, 0.25) is 0 Å². The van der Waals surface area contributed by atoms with Crippen LogP contribution in [0.1, 0.15) is 49.9 Å². The summed E-state index contributed by atoms with van der Waals surface area (Å²) in [7, 11) is 0. The molecule has 2 heteroatoms. The van der Waals surface area contributed by atoms with Crippen LogP contribution < -0.4 is 4.90 Å². The monoisotopic (exact) mass is 794 g/mol. The van der Waals surface area contributed by atoms with Crippen molar-refractivity contribution in [2.24, 2.45) is 0 Å². The highest BCUT2D eigenvalue weighted by atomic mass is 15.1. The van der Waals surface area contributed by atoms with E-state index >= 15 is 0 Å². The SMILES string of the molecule is CC1(C)c2ccccc2-c2ccc(-c3cccc(N(c4ccccc4-c4ccc5c6ccccc6n(-c6ccccc6)c5c4)c4cccc5c4-c4ccccc4C5(C)C)c3)cc21. The number of anilines is 3. The van der Waals surface area contributed by atoms with Crippen molar-refractivity contribution in [2.45, 2.75) is 38.5 Å². The van der Waals surface area contributed by atoms with E-state index in [1.807, 2.05) is 0 Å². The molecule has 1 aromatic heterocycles. The number of rotatable bonds is 6. The Morgan fingerprint density at radius 3 is 1.77 bits per heavy atom. The summed E-state index contributed by atoms with van der Waals surface area (Å²) in [4.78, 5) is 2.53. The van der Waals surface area contributed by atoms with Gasteiger partial charge in [0.1, 0.15) is 0 Å². The molecule has 0 saturated heterocycles. The summed E-state index contributed by atoms with van der Waals surface area (Å²) in [5.74, 6) is 0. The van der Waals surface area contributed by atoms with Gasteiger partial charge in [0.05, 0.1) is 22.4 Å². The Bertz CT molecular complexity index is 3420. The molecule has 2 aliphatic carbocycles. The molecule has 62 heavy (non-hydrogen) atoms. The van der Waals surface area contributed by atoms with Crippen LogP contribution in [0.5, 0.6) is 0 Å². The number of aromatic nitrogens is 1. The summed E-state index contributed by atoms with van der Waals surface area (Å²) < 4.78 is 2.41. The van der Waals surface area contributed by atoms with Gasteiger partial charge in [-0.3, -0.25) is 0 Å². The second-order valence-electron chi connectivity index (χ2n) is 18.1. The number of hydrogen-bond acceptors (Lipinski definition) is 1. The summed E-state index contributed by atoms with van der Waals surface area (Å²) in [5, 5.41) is 2.50. The zero-order chi connectivity index (χ0) is 41.7. The molecule has 2 aliphatic rings. The maximum absolute atomic E-state index is 2.53. The molecule has 2 nitrogen and oxygen atoms in total. The molecule has 0 unspecified atom stereocenters. The van der Waals surface area contributed by atoms with Gasteiger partial charge in [0.25, 0.3) is 0 Å². The molecule has 0 radical (unpaired) electrons. The number of hydrogen-bond donors (Lipinski definition) is 0. The lowest BCUT2D eigenvalue weighted by Gasteiger charge is -2.31. The quantitative estimate of drug-likeness (QED) is 0.163. The van der Waals surface area contributed by atoms with E-state index in [1.165, 1.54) is 94.3 Å². The van der Waals surface area contributed by atoms with Crippen LogP contribution in [0.15, 0.2) is 206 Å². The predicted octanol–water partition coefficient (Wildman–Crippen LogP) is 16.2. The molecular formula is C60H46N2. The molecule has 0 aliphatic heterocycles. The minimum absolute atomic E-state index is 0.0807. The molecule has 0 N–H and O–H groups in total. The van der Waals surface area contributed by atoms with Gasteiger partial charge in [-0.2, -0.15) is 0 Å². The minimum atomic E-state index is -0.139. The standard InChI is InChI=1S/C60H46N2/c1-59(2)51-27-13-9-25-49(51)58-52(59)28-17-31-56(58)62(43-21-16-18-39(36-43)40-32-34-46-45-23-8-12-26-50(45)60(3,4)53(46)37-40)54-29-14-10-22-44(54)41-33-35-48-47-24-11-15-30-55(47)61(57(48)38-41)42-19-6-5-7-20-42/h5-38H,1-4H3. The molecule has 12 rings (SSSR count). The lowest BCUT2D eigenvalue weighted by molar-refractivity contribution is 0.660. The van der Waals surface area contributed by atoms with Crippen molar-refractivity contribution in [3.05, 3.63) is 229 Å². The molecule has 296 valence electrons. The molecule has 10 aromatic rings. The molecule has 0 bridgehead atoms. The predicted molar refractivity (Wildman–Crippen MR) is 261 cm³/mol. The topological polar surface area (TPSA) is 8.17 Å². The molecule has 0 amide bonds. The van der Waals surface area contributed by atoms with Crippen LogP contribution >= 0.6 is 0 Å². The summed E-state index contributed by atoms with van der Waals surface area (Å²) in [5.41, 5.74) is 22.3. The normalized spacial score (nSPS) is 14.1. The van der Waals surface area contributed by atoms with Crippen molar-refractivity contribution in [1.29, 1.82) is 0 Å². The van der Waals surface area contributed by atoms with E-state index in [-0.39, 0.29) is 10.8 Å². The third kappa shape index (κ3) is 5.29. The number of nitrogens with zero attached hydrogens (tertiary/aromatic N) is 2. The zero-order valence-corrected chi connectivity index (χ0v) is 35.5. The minimum Gasteiger partial charge on any atom is -0.309 e. The Hall–Kier alpha value is -7.42. The Balaban J connectivity index is 1.08. The highest BCUT2D eigenvalue weighted by molar-refractivity contribution is 6.11. The van der Waals surface area contributed by atoms with Gasteiger partial charge in [0.2, 0.25) is 0 Å². The molecule has 0 atom stereocenters. The van der Waals surface area contributed by atoms with E-state index < -0.39 is 0 Å². The maximum atomic E-state index is 2.53. The van der Waals surface area contributed by atoms with Crippen LogP contribution in [-0.4, -0.2) is 4.57 Å². The van der Waals surface area contributed by atoms with Gasteiger partial charge in [0, 0.05) is 44.1 Å². The summed E-state index contributed by atoms with van der Waals surface area (Å²) in [6, 6.07) is 76.6. The Kier molecular flexibility index (Phi) is 7.96. The van der Waals surface area contributed by atoms with Crippen molar-refractivity contribution in [3.8, 4) is 50.2 Å². The maximum Gasteiger partial charge on any atom is 0.0547 e. The Morgan fingerprint density at radius 2 is 0.935 bits per heavy atom. The zero-order valence-electron chi connectivity index (χ0n) is 35.5. The van der Waals surface area contributed by atoms with Crippen LogP contribution in [0, 0.1) is 0 Å². The van der Waals surface area contributed by atoms with Gasteiger partial charge < -0.3 is 9.47 Å². The Labute approximate surface area is 364 Å². The summed E-state index contributed by atoms with van der Waals surface area (Å²) >= 11 is 0. The van der Waals surface area contributed by atoms with Crippen LogP contribution in [0.3, 0.4) is 0 Å². The number of para-hydroxylation sites is 3. The average molecular weight is 795 g/mol. The molecular weight excluding hydrogens is 749 g/mol.